The molecule has 108 valence electrons. The summed E-state index contributed by atoms with van der Waals surface area (Å²) in [6.45, 7) is 5.62. The first-order valence-corrected chi connectivity index (χ1v) is 7.11. The highest BCUT2D eigenvalue weighted by Gasteiger charge is 2.24. The lowest BCUT2D eigenvalue weighted by atomic mass is 10.2. The highest BCUT2D eigenvalue weighted by molar-refractivity contribution is 5.95. The molecule has 1 saturated heterocycles. The van der Waals surface area contributed by atoms with Crippen molar-refractivity contribution in [3.8, 4) is 0 Å². The minimum absolute atomic E-state index is 0.0736. The molecule has 1 aliphatic heterocycles. The van der Waals surface area contributed by atoms with Gasteiger partial charge in [0.1, 0.15) is 0 Å². The number of fused-ring (bicyclic) bond motifs is 1. The lowest BCUT2D eigenvalue weighted by Crippen LogP contribution is -2.47. The maximum Gasteiger partial charge on any atom is 0.324 e. The quantitative estimate of drug-likeness (QED) is 0.802. The Balaban J connectivity index is 0.000000704. The van der Waals surface area contributed by atoms with Gasteiger partial charge in [-0.15, -0.1) is 0 Å². The predicted octanol–water partition coefficient (Wildman–Crippen LogP) is 2.86. The summed E-state index contributed by atoms with van der Waals surface area (Å²) in [6.07, 6.45) is 2.84. The van der Waals surface area contributed by atoms with Gasteiger partial charge in [0.05, 0.1) is 11.7 Å². The van der Waals surface area contributed by atoms with Gasteiger partial charge in [-0.3, -0.25) is 9.58 Å². The van der Waals surface area contributed by atoms with Gasteiger partial charge in [-0.05, 0) is 24.6 Å². The van der Waals surface area contributed by atoms with Gasteiger partial charge in [0.2, 0.25) is 0 Å². The highest BCUT2D eigenvalue weighted by atomic mass is 16.2. The molecule has 1 aliphatic rings. The maximum absolute atomic E-state index is 12.1. The van der Waals surface area contributed by atoms with Crippen molar-refractivity contribution in [1.82, 2.24) is 14.7 Å². The van der Waals surface area contributed by atoms with Gasteiger partial charge < -0.3 is 4.90 Å². The van der Waals surface area contributed by atoms with Gasteiger partial charge in [-0.25, -0.2) is 4.79 Å². The average Bonchev–Trinajstić information content (AvgIpc) is 2.85. The zero-order valence-corrected chi connectivity index (χ0v) is 12.6. The Morgan fingerprint density at radius 3 is 2.65 bits per heavy atom. The summed E-state index contributed by atoms with van der Waals surface area (Å²) < 4.78 is 1.84. The number of rotatable bonds is 1. The van der Waals surface area contributed by atoms with Gasteiger partial charge in [-0.1, -0.05) is 13.8 Å². The summed E-state index contributed by atoms with van der Waals surface area (Å²) in [5.41, 5.74) is 2.03. The molecule has 0 N–H and O–H groups in total. The van der Waals surface area contributed by atoms with E-state index in [1.165, 1.54) is 0 Å². The number of benzene rings is 1. The Bertz CT molecular complexity index is 605. The summed E-state index contributed by atoms with van der Waals surface area (Å²) in [7, 11) is 3.76. The average molecular weight is 274 g/mol. The van der Waals surface area contributed by atoms with E-state index in [2.05, 4.69) is 5.10 Å². The Morgan fingerprint density at radius 1 is 1.15 bits per heavy atom. The second-order valence-corrected chi connectivity index (χ2v) is 4.72. The molecule has 5 nitrogen and oxygen atoms in total. The van der Waals surface area contributed by atoms with Gasteiger partial charge >= 0.3 is 6.03 Å². The molecule has 0 unspecified atom stereocenters. The number of carbonyl (C=O) groups is 1. The third kappa shape index (κ3) is 2.48. The van der Waals surface area contributed by atoms with Gasteiger partial charge in [-0.2, -0.15) is 5.10 Å². The molecule has 0 saturated carbocycles. The van der Waals surface area contributed by atoms with Crippen LogP contribution >= 0.6 is 0 Å². The van der Waals surface area contributed by atoms with Crippen molar-refractivity contribution in [3.63, 3.8) is 0 Å². The van der Waals surface area contributed by atoms with Crippen LogP contribution in [0.2, 0.25) is 0 Å². The van der Waals surface area contributed by atoms with E-state index in [4.69, 9.17) is 0 Å². The van der Waals surface area contributed by atoms with Crippen molar-refractivity contribution < 1.29 is 4.79 Å². The summed E-state index contributed by atoms with van der Waals surface area (Å²) in [5.74, 6) is 0. The smallest absolute Gasteiger partial charge is 0.324 e. The number of aryl methyl sites for hydroxylation is 1. The first kappa shape index (κ1) is 14.4. The van der Waals surface area contributed by atoms with Crippen molar-refractivity contribution in [3.05, 3.63) is 24.4 Å². The van der Waals surface area contributed by atoms with Crippen LogP contribution in [0.5, 0.6) is 0 Å². The van der Waals surface area contributed by atoms with Crippen LogP contribution in [0.25, 0.3) is 10.9 Å². The van der Waals surface area contributed by atoms with Crippen LogP contribution < -0.4 is 4.90 Å². The summed E-state index contributed by atoms with van der Waals surface area (Å²) in [6, 6.07) is 6.10. The van der Waals surface area contributed by atoms with Gasteiger partial charge in [0.25, 0.3) is 0 Å². The van der Waals surface area contributed by atoms with E-state index >= 15 is 0 Å². The van der Waals surface area contributed by atoms with Crippen LogP contribution in [0.15, 0.2) is 24.4 Å². The normalized spacial score (nSPS) is 15.3. The van der Waals surface area contributed by atoms with Crippen LogP contribution in [0, 0.1) is 0 Å². The minimum Gasteiger partial charge on any atom is -0.327 e. The van der Waals surface area contributed by atoms with Crippen molar-refractivity contribution >= 4 is 22.6 Å². The molecule has 20 heavy (non-hydrogen) atoms. The van der Waals surface area contributed by atoms with Crippen molar-refractivity contribution in [2.45, 2.75) is 20.3 Å². The Kier molecular flexibility index (Phi) is 4.27. The molecule has 0 radical (unpaired) electrons. The number of hydrogen-bond donors (Lipinski definition) is 0. The Morgan fingerprint density at radius 2 is 1.90 bits per heavy atom. The molecule has 0 atom stereocenters. The molecule has 0 aliphatic carbocycles. The van der Waals surface area contributed by atoms with E-state index in [1.54, 1.807) is 4.90 Å². The molecule has 1 fully saturated rings. The second kappa shape index (κ2) is 5.94. The fourth-order valence-electron chi connectivity index (χ4n) is 2.42. The first-order chi connectivity index (χ1) is 9.66. The molecular formula is C15H22N4O. The number of urea groups is 1. The number of nitrogens with zero attached hydrogens (tertiary/aromatic N) is 4. The predicted molar refractivity (Wildman–Crippen MR) is 82.1 cm³/mol. The van der Waals surface area contributed by atoms with Crippen molar-refractivity contribution in [2.24, 2.45) is 7.05 Å². The summed E-state index contributed by atoms with van der Waals surface area (Å²) >= 11 is 0. The van der Waals surface area contributed by atoms with Crippen LogP contribution in [0.4, 0.5) is 10.5 Å². The van der Waals surface area contributed by atoms with E-state index in [-0.39, 0.29) is 6.03 Å². The number of amides is 2. The zero-order valence-electron chi connectivity index (χ0n) is 12.6. The van der Waals surface area contributed by atoms with Crippen molar-refractivity contribution in [2.75, 3.05) is 25.0 Å². The third-order valence-corrected chi connectivity index (χ3v) is 3.47. The number of hydrogen-bond acceptors (Lipinski definition) is 2. The Labute approximate surface area is 119 Å². The van der Waals surface area contributed by atoms with E-state index in [0.717, 1.165) is 36.1 Å². The molecule has 5 heteroatoms. The molecular weight excluding hydrogens is 252 g/mol. The first-order valence-electron chi connectivity index (χ1n) is 7.11. The van der Waals surface area contributed by atoms with Crippen LogP contribution in [-0.4, -0.2) is 40.8 Å². The number of carbonyl (C=O) groups excluding carboxylic acids is 1. The van der Waals surface area contributed by atoms with E-state index < -0.39 is 0 Å². The largest absolute Gasteiger partial charge is 0.327 e. The molecule has 2 heterocycles. The van der Waals surface area contributed by atoms with Crippen LogP contribution in [-0.2, 0) is 7.05 Å². The lowest BCUT2D eigenvalue weighted by molar-refractivity contribution is 0.207. The summed E-state index contributed by atoms with van der Waals surface area (Å²) in [4.78, 5) is 15.7. The van der Waals surface area contributed by atoms with Crippen LogP contribution in [0.3, 0.4) is 0 Å². The molecule has 2 aromatic rings. The second-order valence-electron chi connectivity index (χ2n) is 4.72. The van der Waals surface area contributed by atoms with E-state index in [0.29, 0.717) is 0 Å². The number of anilines is 1. The summed E-state index contributed by atoms with van der Waals surface area (Å²) in [5, 5.41) is 5.28. The molecule has 1 aromatic carbocycles. The lowest BCUT2D eigenvalue weighted by Gasteiger charge is -2.33. The fraction of sp³-hybridized carbons (Fsp3) is 0.467. The molecule has 2 amide bonds. The van der Waals surface area contributed by atoms with Crippen LogP contribution in [0.1, 0.15) is 20.3 Å². The molecule has 0 spiro atoms. The maximum atomic E-state index is 12.1. The van der Waals surface area contributed by atoms with Gasteiger partial charge in [0, 0.05) is 38.3 Å². The standard InChI is InChI=1S/C13H16N4O.C2H6/c1-15-6-3-7-17(13(15)18)11-4-5-12-10(8-11)9-14-16(12)2;1-2/h4-5,8-9H,3,6-7H2,1-2H3;1-2H3. The molecule has 0 bridgehead atoms. The molecule has 3 rings (SSSR count). The fourth-order valence-corrected chi connectivity index (χ4v) is 2.42. The highest BCUT2D eigenvalue weighted by Crippen LogP contribution is 2.24. The van der Waals surface area contributed by atoms with Gasteiger partial charge in [0.15, 0.2) is 0 Å². The number of aromatic nitrogens is 2. The van der Waals surface area contributed by atoms with E-state index in [1.807, 2.05) is 61.9 Å². The third-order valence-electron chi connectivity index (χ3n) is 3.47. The SMILES string of the molecule is CC.CN1CCCN(c2ccc3c(cnn3C)c2)C1=O. The molecule has 1 aromatic heterocycles. The monoisotopic (exact) mass is 274 g/mol. The van der Waals surface area contributed by atoms with Crippen molar-refractivity contribution in [1.29, 1.82) is 0 Å². The van der Waals surface area contributed by atoms with E-state index in [9.17, 15) is 4.79 Å². The zero-order chi connectivity index (χ0) is 14.7. The minimum atomic E-state index is 0.0736. The Hall–Kier alpha value is -2.04. The topological polar surface area (TPSA) is 41.4 Å².